The third-order valence-electron chi connectivity index (χ3n) is 5.72. The fourth-order valence-electron chi connectivity index (χ4n) is 3.85. The average Bonchev–Trinajstić information content (AvgIpc) is 2.64. The van der Waals surface area contributed by atoms with Crippen molar-refractivity contribution in [2.75, 3.05) is 0 Å². The van der Waals surface area contributed by atoms with Crippen molar-refractivity contribution in [3.8, 4) is 5.75 Å². The Morgan fingerprint density at radius 1 is 0.900 bits per heavy atom. The van der Waals surface area contributed by atoms with Crippen molar-refractivity contribution in [3.63, 3.8) is 0 Å². The van der Waals surface area contributed by atoms with Crippen LogP contribution in [0.5, 0.6) is 5.75 Å². The predicted octanol–water partition coefficient (Wildman–Crippen LogP) is 8.15. The highest BCUT2D eigenvalue weighted by Crippen LogP contribution is 2.40. The molecule has 1 N–H and O–H groups in total. The number of phenols is 1. The standard InChI is InChI=1S/C28H36OS/c1-19-10-8-9-11-25(19)30-22-14-12-20(13-15-22)16-21-17-23(27(2,3)4)26(29)24(18-21)28(5,6)7/h8-9,11-15,17-19,29H,10,16H2,1-7H3. The van der Waals surface area contributed by atoms with Gasteiger partial charge >= 0.3 is 0 Å². The Bertz CT molecular complexity index is 915. The number of allylic oxidation sites excluding steroid dienone is 4. The zero-order valence-corrected chi connectivity index (χ0v) is 20.4. The minimum absolute atomic E-state index is 0.0978. The first-order valence-electron chi connectivity index (χ1n) is 11.0. The van der Waals surface area contributed by atoms with Crippen molar-refractivity contribution in [1.29, 1.82) is 0 Å². The number of benzene rings is 2. The second-order valence-corrected chi connectivity index (χ2v) is 11.7. The number of rotatable bonds is 4. The summed E-state index contributed by atoms with van der Waals surface area (Å²) in [5.74, 6) is 1.05. The van der Waals surface area contributed by atoms with Gasteiger partial charge in [0, 0.05) is 4.90 Å². The molecule has 2 aromatic rings. The van der Waals surface area contributed by atoms with Crippen LogP contribution in [0, 0.1) is 5.92 Å². The zero-order chi connectivity index (χ0) is 22.1. The highest BCUT2D eigenvalue weighted by atomic mass is 32.2. The zero-order valence-electron chi connectivity index (χ0n) is 19.5. The molecule has 1 unspecified atom stereocenters. The molecule has 0 radical (unpaired) electrons. The van der Waals surface area contributed by atoms with E-state index in [2.05, 4.69) is 103 Å². The van der Waals surface area contributed by atoms with Crippen LogP contribution >= 0.6 is 11.8 Å². The van der Waals surface area contributed by atoms with Crippen molar-refractivity contribution in [1.82, 2.24) is 0 Å². The van der Waals surface area contributed by atoms with E-state index in [9.17, 15) is 5.11 Å². The molecular formula is C28H36OS. The van der Waals surface area contributed by atoms with Crippen molar-refractivity contribution >= 4 is 11.8 Å². The Hall–Kier alpha value is -1.93. The summed E-state index contributed by atoms with van der Waals surface area (Å²) < 4.78 is 0. The third kappa shape index (κ3) is 5.40. The van der Waals surface area contributed by atoms with E-state index >= 15 is 0 Å². The molecule has 0 bridgehead atoms. The summed E-state index contributed by atoms with van der Waals surface area (Å²) in [6, 6.07) is 13.3. The molecule has 1 nitrogen and oxygen atoms in total. The van der Waals surface area contributed by atoms with Gasteiger partial charge < -0.3 is 5.11 Å². The van der Waals surface area contributed by atoms with Crippen molar-refractivity contribution in [2.45, 2.75) is 77.0 Å². The van der Waals surface area contributed by atoms with Gasteiger partial charge in [-0.15, -0.1) is 0 Å². The predicted molar refractivity (Wildman–Crippen MR) is 132 cm³/mol. The molecule has 1 aliphatic carbocycles. The van der Waals surface area contributed by atoms with Gasteiger partial charge in [-0.05, 0) is 68.9 Å². The SMILES string of the molecule is CC1CC=CC=C1Sc1ccc(Cc2cc(C(C)(C)C)c(O)c(C(C)(C)C)c2)cc1. The van der Waals surface area contributed by atoms with Crippen LogP contribution in [-0.4, -0.2) is 5.11 Å². The Morgan fingerprint density at radius 3 is 1.97 bits per heavy atom. The van der Waals surface area contributed by atoms with Crippen LogP contribution < -0.4 is 0 Å². The monoisotopic (exact) mass is 420 g/mol. The van der Waals surface area contributed by atoms with Gasteiger partial charge in [-0.1, -0.05) is 103 Å². The summed E-state index contributed by atoms with van der Waals surface area (Å²) in [6.07, 6.45) is 8.66. The molecule has 0 amide bonds. The number of aromatic hydroxyl groups is 1. The second kappa shape index (κ2) is 8.67. The third-order valence-corrected chi connectivity index (χ3v) is 7.01. The molecule has 3 rings (SSSR count). The maximum Gasteiger partial charge on any atom is 0.123 e. The molecule has 0 saturated heterocycles. The number of hydrogen-bond donors (Lipinski definition) is 1. The van der Waals surface area contributed by atoms with E-state index in [0.717, 1.165) is 24.0 Å². The maximum absolute atomic E-state index is 11.0. The van der Waals surface area contributed by atoms with Crippen LogP contribution in [0.1, 0.15) is 77.1 Å². The van der Waals surface area contributed by atoms with E-state index in [-0.39, 0.29) is 10.8 Å². The molecule has 160 valence electrons. The minimum atomic E-state index is -0.0978. The number of hydrogen-bond acceptors (Lipinski definition) is 2. The van der Waals surface area contributed by atoms with Gasteiger partial charge in [-0.2, -0.15) is 0 Å². The molecule has 2 aromatic carbocycles. The van der Waals surface area contributed by atoms with Gasteiger partial charge in [-0.3, -0.25) is 0 Å². The van der Waals surface area contributed by atoms with E-state index in [0.29, 0.717) is 11.7 Å². The van der Waals surface area contributed by atoms with Gasteiger partial charge in [0.2, 0.25) is 0 Å². The fraction of sp³-hybridized carbons (Fsp3) is 0.429. The normalized spacial score (nSPS) is 17.2. The van der Waals surface area contributed by atoms with Gasteiger partial charge in [0.25, 0.3) is 0 Å². The summed E-state index contributed by atoms with van der Waals surface area (Å²) in [5, 5.41) is 11.0. The molecule has 30 heavy (non-hydrogen) atoms. The van der Waals surface area contributed by atoms with Gasteiger partial charge in [0.1, 0.15) is 5.75 Å². The molecule has 1 aliphatic rings. The van der Waals surface area contributed by atoms with E-state index in [1.165, 1.54) is 20.9 Å². The van der Waals surface area contributed by atoms with Crippen LogP contribution in [0.3, 0.4) is 0 Å². The fourth-order valence-corrected chi connectivity index (χ4v) is 4.84. The Kier molecular flexibility index (Phi) is 6.57. The lowest BCUT2D eigenvalue weighted by atomic mass is 9.78. The van der Waals surface area contributed by atoms with Gasteiger partial charge in [0.15, 0.2) is 0 Å². The molecule has 0 saturated carbocycles. The summed E-state index contributed by atoms with van der Waals surface area (Å²) in [4.78, 5) is 2.73. The molecule has 0 aromatic heterocycles. The summed E-state index contributed by atoms with van der Waals surface area (Å²) >= 11 is 1.88. The van der Waals surface area contributed by atoms with E-state index in [1.807, 2.05) is 11.8 Å². The van der Waals surface area contributed by atoms with Crippen molar-refractivity contribution in [2.24, 2.45) is 5.92 Å². The smallest absolute Gasteiger partial charge is 0.123 e. The molecular weight excluding hydrogens is 384 g/mol. The maximum atomic E-state index is 11.0. The molecule has 0 spiro atoms. The molecule has 0 aliphatic heterocycles. The Balaban J connectivity index is 1.85. The highest BCUT2D eigenvalue weighted by Gasteiger charge is 2.26. The Morgan fingerprint density at radius 2 is 1.47 bits per heavy atom. The second-order valence-electron chi connectivity index (χ2n) is 10.6. The first-order valence-corrected chi connectivity index (χ1v) is 11.8. The van der Waals surface area contributed by atoms with Crippen molar-refractivity contribution in [3.05, 3.63) is 81.8 Å². The molecule has 0 fully saturated rings. The summed E-state index contributed by atoms with van der Waals surface area (Å²) in [6.45, 7) is 15.3. The lowest BCUT2D eigenvalue weighted by Crippen LogP contribution is -2.18. The number of thioether (sulfide) groups is 1. The molecule has 2 heteroatoms. The van der Waals surface area contributed by atoms with Gasteiger partial charge in [0.05, 0.1) is 0 Å². The van der Waals surface area contributed by atoms with Crippen LogP contribution in [0.15, 0.2) is 64.4 Å². The molecule has 0 heterocycles. The first-order chi connectivity index (χ1) is 13.9. The van der Waals surface area contributed by atoms with Crippen LogP contribution in [-0.2, 0) is 17.3 Å². The Labute approximate surface area is 187 Å². The largest absolute Gasteiger partial charge is 0.507 e. The van der Waals surface area contributed by atoms with Crippen LogP contribution in [0.25, 0.3) is 0 Å². The molecule has 1 atom stereocenters. The lowest BCUT2D eigenvalue weighted by Gasteiger charge is -2.28. The van der Waals surface area contributed by atoms with Gasteiger partial charge in [-0.25, -0.2) is 0 Å². The van der Waals surface area contributed by atoms with E-state index in [4.69, 9.17) is 0 Å². The first kappa shape index (κ1) is 22.7. The number of phenolic OH excluding ortho intramolecular Hbond substituents is 1. The highest BCUT2D eigenvalue weighted by molar-refractivity contribution is 8.03. The summed E-state index contributed by atoms with van der Waals surface area (Å²) in [5.41, 5.74) is 4.43. The summed E-state index contributed by atoms with van der Waals surface area (Å²) in [7, 11) is 0. The van der Waals surface area contributed by atoms with Crippen LogP contribution in [0.2, 0.25) is 0 Å². The quantitative estimate of drug-likeness (QED) is 0.538. The van der Waals surface area contributed by atoms with Crippen LogP contribution in [0.4, 0.5) is 0 Å². The van der Waals surface area contributed by atoms with Crippen molar-refractivity contribution < 1.29 is 5.11 Å². The van der Waals surface area contributed by atoms with E-state index in [1.54, 1.807) is 0 Å². The lowest BCUT2D eigenvalue weighted by molar-refractivity contribution is 0.423. The van der Waals surface area contributed by atoms with E-state index < -0.39 is 0 Å². The minimum Gasteiger partial charge on any atom is -0.507 e. The topological polar surface area (TPSA) is 20.2 Å². The average molecular weight is 421 g/mol.